The van der Waals surface area contributed by atoms with Gasteiger partial charge in [-0.15, -0.1) is 0 Å². The molecule has 0 atom stereocenters. The highest BCUT2D eigenvalue weighted by Crippen LogP contribution is 2.34. The maximum atomic E-state index is 13.0. The Morgan fingerprint density at radius 2 is 1.83 bits per heavy atom. The van der Waals surface area contributed by atoms with Gasteiger partial charge in [-0.05, 0) is 26.0 Å². The number of pyridine rings is 1. The van der Waals surface area contributed by atoms with Crippen molar-refractivity contribution in [3.63, 3.8) is 0 Å². The summed E-state index contributed by atoms with van der Waals surface area (Å²) in [6, 6.07) is 2.58. The zero-order valence-electron chi connectivity index (χ0n) is 16.5. The Kier molecular flexibility index (Phi) is 4.38. The van der Waals surface area contributed by atoms with Crippen LogP contribution in [0.5, 0.6) is 0 Å². The highest BCUT2D eigenvalue weighted by Gasteiger charge is 2.34. The van der Waals surface area contributed by atoms with Gasteiger partial charge in [0.2, 0.25) is 0 Å². The molecule has 12 heteroatoms. The molecule has 158 valence electrons. The minimum atomic E-state index is -4.62. The third kappa shape index (κ3) is 3.02. The monoisotopic (exact) mass is 438 g/mol. The van der Waals surface area contributed by atoms with Crippen molar-refractivity contribution in [1.82, 2.24) is 29.1 Å². The van der Waals surface area contributed by atoms with E-state index in [1.165, 1.54) is 16.0 Å². The van der Waals surface area contributed by atoms with Gasteiger partial charge < -0.3 is 4.57 Å². The Morgan fingerprint density at radius 1 is 1.13 bits per heavy atom. The lowest BCUT2D eigenvalue weighted by Crippen LogP contribution is -2.07. The van der Waals surface area contributed by atoms with Crippen LogP contribution in [0.25, 0.3) is 28.2 Å². The number of imidazole rings is 1. The first kappa shape index (κ1) is 20.3. The van der Waals surface area contributed by atoms with Crippen molar-refractivity contribution in [2.45, 2.75) is 31.8 Å². The zero-order chi connectivity index (χ0) is 22.0. The van der Waals surface area contributed by atoms with Gasteiger partial charge in [0, 0.05) is 18.4 Å². The summed E-state index contributed by atoms with van der Waals surface area (Å²) < 4.78 is 67.8. The fraction of sp³-hybridized carbons (Fsp3) is 0.333. The van der Waals surface area contributed by atoms with E-state index >= 15 is 0 Å². The molecule has 0 bridgehead atoms. The number of alkyl halides is 3. The first-order valence-corrected chi connectivity index (χ1v) is 10.6. The Bertz CT molecular complexity index is 1420. The van der Waals surface area contributed by atoms with Gasteiger partial charge in [-0.2, -0.15) is 18.3 Å². The molecule has 0 aliphatic carbocycles. The number of hydrogen-bond acceptors (Lipinski definition) is 6. The van der Waals surface area contributed by atoms with Crippen molar-refractivity contribution in [2.75, 3.05) is 5.75 Å². The van der Waals surface area contributed by atoms with E-state index in [0.717, 1.165) is 12.3 Å². The summed E-state index contributed by atoms with van der Waals surface area (Å²) in [6.45, 7) is 5.00. The van der Waals surface area contributed by atoms with Crippen molar-refractivity contribution >= 4 is 26.5 Å². The molecule has 4 aromatic rings. The fourth-order valence-electron chi connectivity index (χ4n) is 3.33. The number of halogens is 3. The van der Waals surface area contributed by atoms with Crippen LogP contribution in [0.4, 0.5) is 13.2 Å². The predicted octanol–water partition coefficient (Wildman–Crippen LogP) is 3.11. The van der Waals surface area contributed by atoms with Crippen LogP contribution in [0.1, 0.15) is 24.0 Å². The molecule has 4 aromatic heterocycles. The molecular formula is C18H17F3N6O2S. The molecule has 0 N–H and O–H groups in total. The van der Waals surface area contributed by atoms with Crippen LogP contribution in [-0.2, 0) is 23.1 Å². The molecule has 0 aliphatic rings. The van der Waals surface area contributed by atoms with Gasteiger partial charge >= 0.3 is 6.18 Å². The zero-order valence-corrected chi connectivity index (χ0v) is 17.3. The highest BCUT2D eigenvalue weighted by molar-refractivity contribution is 7.91. The topological polar surface area (TPSA) is 95.0 Å². The van der Waals surface area contributed by atoms with E-state index in [1.807, 2.05) is 0 Å². The van der Waals surface area contributed by atoms with Crippen LogP contribution in [0.15, 0.2) is 23.2 Å². The largest absolute Gasteiger partial charge is 0.433 e. The molecule has 0 radical (unpaired) electrons. The minimum absolute atomic E-state index is 0.0327. The molecule has 0 spiro atoms. The second-order valence-electron chi connectivity index (χ2n) is 6.91. The van der Waals surface area contributed by atoms with Gasteiger partial charge in [-0.25, -0.2) is 27.9 Å². The molecule has 4 rings (SSSR count). The fourth-order valence-corrected chi connectivity index (χ4v) is 4.46. The number of aryl methyl sites for hydroxylation is 3. The van der Waals surface area contributed by atoms with Gasteiger partial charge in [-0.3, -0.25) is 0 Å². The van der Waals surface area contributed by atoms with Gasteiger partial charge in [0.25, 0.3) is 0 Å². The smallest absolute Gasteiger partial charge is 0.324 e. The second-order valence-corrected chi connectivity index (χ2v) is 9.12. The Morgan fingerprint density at radius 3 is 2.47 bits per heavy atom. The first-order chi connectivity index (χ1) is 13.9. The Balaban J connectivity index is 2.09. The molecule has 0 aliphatic heterocycles. The van der Waals surface area contributed by atoms with E-state index in [4.69, 9.17) is 0 Å². The molecule has 0 amide bonds. The van der Waals surface area contributed by atoms with Crippen molar-refractivity contribution in [3.05, 3.63) is 35.4 Å². The summed E-state index contributed by atoms with van der Waals surface area (Å²) in [5.41, 5.74) is 0.738. The summed E-state index contributed by atoms with van der Waals surface area (Å²) in [6.07, 6.45) is -3.56. The van der Waals surface area contributed by atoms with Crippen molar-refractivity contribution < 1.29 is 21.6 Å². The first-order valence-electron chi connectivity index (χ1n) is 8.94. The lowest BCUT2D eigenvalue weighted by molar-refractivity contribution is -0.141. The van der Waals surface area contributed by atoms with Gasteiger partial charge in [0.1, 0.15) is 16.3 Å². The third-order valence-electron chi connectivity index (χ3n) is 4.81. The molecule has 0 unspecified atom stereocenters. The van der Waals surface area contributed by atoms with E-state index in [9.17, 15) is 21.6 Å². The summed E-state index contributed by atoms with van der Waals surface area (Å²) in [4.78, 5) is 12.0. The molecule has 30 heavy (non-hydrogen) atoms. The molecule has 0 aromatic carbocycles. The van der Waals surface area contributed by atoms with E-state index in [2.05, 4.69) is 20.1 Å². The Labute approximate surface area is 169 Å². The molecule has 0 saturated heterocycles. The number of nitrogens with zero attached hydrogens (tertiary/aromatic N) is 6. The van der Waals surface area contributed by atoms with E-state index in [0.29, 0.717) is 16.9 Å². The molecule has 0 saturated carbocycles. The summed E-state index contributed by atoms with van der Waals surface area (Å²) in [7, 11) is -2.21. The van der Waals surface area contributed by atoms with Crippen molar-refractivity contribution in [3.8, 4) is 11.5 Å². The van der Waals surface area contributed by atoms with Crippen LogP contribution < -0.4 is 0 Å². The molecular weight excluding hydrogens is 421 g/mol. The van der Waals surface area contributed by atoms with Crippen LogP contribution in [0, 0.1) is 13.8 Å². The van der Waals surface area contributed by atoms with Gasteiger partial charge in [0.15, 0.2) is 21.3 Å². The SMILES string of the molecule is CCS(=O)(=O)c1c(-c2nc3cc(C(F)(F)F)ncc3n2C)nn2c(C)cc(C)nc12. The normalized spacial score (nSPS) is 12.9. The number of aromatic nitrogens is 6. The molecule has 4 heterocycles. The summed E-state index contributed by atoms with van der Waals surface area (Å²) >= 11 is 0. The van der Waals surface area contributed by atoms with Gasteiger partial charge in [-0.1, -0.05) is 6.92 Å². The average Bonchev–Trinajstić information content (AvgIpc) is 3.19. The van der Waals surface area contributed by atoms with Crippen LogP contribution in [0.2, 0.25) is 0 Å². The maximum Gasteiger partial charge on any atom is 0.433 e. The van der Waals surface area contributed by atoms with Crippen molar-refractivity contribution in [1.29, 1.82) is 0 Å². The number of rotatable bonds is 3. The van der Waals surface area contributed by atoms with E-state index in [1.54, 1.807) is 27.0 Å². The third-order valence-corrected chi connectivity index (χ3v) is 6.57. The number of fused-ring (bicyclic) bond motifs is 2. The highest BCUT2D eigenvalue weighted by atomic mass is 32.2. The summed E-state index contributed by atoms with van der Waals surface area (Å²) in [5, 5.41) is 4.41. The second kappa shape index (κ2) is 6.49. The van der Waals surface area contributed by atoms with Crippen LogP contribution in [-0.4, -0.2) is 43.3 Å². The lowest BCUT2D eigenvalue weighted by atomic mass is 10.3. The molecule has 0 fully saturated rings. The van der Waals surface area contributed by atoms with E-state index < -0.39 is 21.7 Å². The predicted molar refractivity (Wildman–Crippen MR) is 103 cm³/mol. The number of hydrogen-bond donors (Lipinski definition) is 0. The quantitative estimate of drug-likeness (QED) is 0.488. The maximum absolute atomic E-state index is 13.0. The molecule has 8 nitrogen and oxygen atoms in total. The van der Waals surface area contributed by atoms with Crippen molar-refractivity contribution in [2.24, 2.45) is 7.05 Å². The summed E-state index contributed by atoms with van der Waals surface area (Å²) in [5.74, 6) is -0.0829. The van der Waals surface area contributed by atoms with Gasteiger partial charge in [0.05, 0.1) is 23.0 Å². The lowest BCUT2D eigenvalue weighted by Gasteiger charge is -2.05. The standard InChI is InChI=1S/C18H17F3N6O2S/c1-5-30(28,29)15-14(25-27-10(3)6-9(2)23-17(15)27)16-24-11-7-13(18(19,20)21)22-8-12(11)26(16)4/h6-8H,5H2,1-4H3. The number of sulfone groups is 1. The van der Waals surface area contributed by atoms with E-state index in [-0.39, 0.29) is 33.3 Å². The van der Waals surface area contributed by atoms with Crippen LogP contribution >= 0.6 is 0 Å². The Hall–Kier alpha value is -3.02. The minimum Gasteiger partial charge on any atom is -0.324 e. The average molecular weight is 438 g/mol. The van der Waals surface area contributed by atoms with Crippen LogP contribution in [0.3, 0.4) is 0 Å².